The fourth-order valence-corrected chi connectivity index (χ4v) is 3.24. The van der Waals surface area contributed by atoms with E-state index in [0.29, 0.717) is 18.9 Å². The van der Waals surface area contributed by atoms with Crippen LogP contribution in [-0.2, 0) is 11.3 Å². The zero-order valence-electron chi connectivity index (χ0n) is 14.9. The fourth-order valence-electron chi connectivity index (χ4n) is 3.24. The van der Waals surface area contributed by atoms with Gasteiger partial charge in [0, 0.05) is 12.0 Å². The van der Waals surface area contributed by atoms with Crippen LogP contribution >= 0.6 is 0 Å². The molecule has 130 valence electrons. The third-order valence-corrected chi connectivity index (χ3v) is 4.61. The first kappa shape index (κ1) is 16.3. The van der Waals surface area contributed by atoms with Gasteiger partial charge in [-0.2, -0.15) is 0 Å². The number of aromatic nitrogens is 1. The smallest absolute Gasteiger partial charge is 0.227 e. The van der Waals surface area contributed by atoms with Crippen LogP contribution < -0.4 is 4.90 Å². The molecule has 26 heavy (non-hydrogen) atoms. The van der Waals surface area contributed by atoms with Crippen molar-refractivity contribution in [1.29, 1.82) is 0 Å². The van der Waals surface area contributed by atoms with Gasteiger partial charge in [0.25, 0.3) is 0 Å². The SMILES string of the molecule is CCC(=O)N1Cc2ccc(-c3nc(C)co3)cc2/C=C\c2ccccc21. The summed E-state index contributed by atoms with van der Waals surface area (Å²) >= 11 is 0. The molecule has 4 rings (SSSR count). The lowest BCUT2D eigenvalue weighted by atomic mass is 9.98. The summed E-state index contributed by atoms with van der Waals surface area (Å²) in [6.45, 7) is 4.36. The maximum absolute atomic E-state index is 12.6. The number of aryl methyl sites for hydroxylation is 1. The third-order valence-electron chi connectivity index (χ3n) is 4.61. The van der Waals surface area contributed by atoms with Gasteiger partial charge < -0.3 is 9.32 Å². The molecule has 1 aliphatic rings. The Bertz CT molecular complexity index is 1000. The van der Waals surface area contributed by atoms with Crippen molar-refractivity contribution in [1.82, 2.24) is 4.98 Å². The summed E-state index contributed by atoms with van der Waals surface area (Å²) in [6.07, 6.45) is 6.29. The van der Waals surface area contributed by atoms with Crippen LogP contribution in [0.5, 0.6) is 0 Å². The van der Waals surface area contributed by atoms with Crippen molar-refractivity contribution < 1.29 is 9.21 Å². The number of anilines is 1. The summed E-state index contributed by atoms with van der Waals surface area (Å²) in [7, 11) is 0. The molecule has 0 spiro atoms. The molecule has 2 heterocycles. The number of amides is 1. The molecular formula is C22H20N2O2. The Kier molecular flexibility index (Phi) is 4.17. The van der Waals surface area contributed by atoms with Crippen LogP contribution in [0.1, 0.15) is 35.7 Å². The molecule has 0 radical (unpaired) electrons. The van der Waals surface area contributed by atoms with E-state index in [1.807, 2.05) is 49.1 Å². The first-order valence-electron chi connectivity index (χ1n) is 8.78. The monoisotopic (exact) mass is 344 g/mol. The molecule has 0 saturated carbocycles. The Balaban J connectivity index is 1.82. The Morgan fingerprint density at radius 1 is 1.15 bits per heavy atom. The van der Waals surface area contributed by atoms with E-state index >= 15 is 0 Å². The summed E-state index contributed by atoms with van der Waals surface area (Å²) in [6, 6.07) is 14.1. The lowest BCUT2D eigenvalue weighted by Crippen LogP contribution is -2.30. The second kappa shape index (κ2) is 6.64. The molecule has 0 saturated heterocycles. The maximum atomic E-state index is 12.6. The molecule has 1 amide bonds. The number of carbonyl (C=O) groups is 1. The summed E-state index contributed by atoms with van der Waals surface area (Å²) in [5.41, 5.74) is 5.96. The molecule has 0 N–H and O–H groups in total. The average Bonchev–Trinajstić information content (AvgIpc) is 3.09. The largest absolute Gasteiger partial charge is 0.444 e. The number of hydrogen-bond donors (Lipinski definition) is 0. The summed E-state index contributed by atoms with van der Waals surface area (Å²) in [5.74, 6) is 0.730. The lowest BCUT2D eigenvalue weighted by molar-refractivity contribution is -0.118. The quantitative estimate of drug-likeness (QED) is 0.651. The van der Waals surface area contributed by atoms with Crippen molar-refractivity contribution >= 4 is 23.7 Å². The fraction of sp³-hybridized carbons (Fsp3) is 0.182. The van der Waals surface area contributed by atoms with Crippen molar-refractivity contribution in [3.63, 3.8) is 0 Å². The van der Waals surface area contributed by atoms with Crippen molar-refractivity contribution in [2.75, 3.05) is 4.90 Å². The first-order valence-corrected chi connectivity index (χ1v) is 8.78. The number of nitrogens with zero attached hydrogens (tertiary/aromatic N) is 2. The standard InChI is InChI=1S/C22H20N2O2/c1-3-21(25)24-13-19-11-10-18(22-23-15(2)14-26-22)12-17(19)9-8-16-6-4-5-7-20(16)24/h4-12,14H,3,13H2,1-2H3/b9-8-. The summed E-state index contributed by atoms with van der Waals surface area (Å²) in [5, 5.41) is 0. The molecule has 0 fully saturated rings. The molecule has 1 aliphatic heterocycles. The lowest BCUT2D eigenvalue weighted by Gasteiger charge is -2.26. The zero-order chi connectivity index (χ0) is 18.1. The van der Waals surface area contributed by atoms with E-state index in [1.165, 1.54) is 0 Å². The van der Waals surface area contributed by atoms with Gasteiger partial charge in [-0.3, -0.25) is 4.79 Å². The normalized spacial score (nSPS) is 14.2. The van der Waals surface area contributed by atoms with Gasteiger partial charge in [0.05, 0.1) is 17.9 Å². The Hall–Kier alpha value is -3.14. The number of benzene rings is 2. The van der Waals surface area contributed by atoms with Crippen LogP contribution in [0.25, 0.3) is 23.6 Å². The van der Waals surface area contributed by atoms with Crippen LogP contribution in [0.15, 0.2) is 53.1 Å². The molecule has 3 aromatic rings. The van der Waals surface area contributed by atoms with Crippen LogP contribution in [0.3, 0.4) is 0 Å². The maximum Gasteiger partial charge on any atom is 0.227 e. The molecule has 4 nitrogen and oxygen atoms in total. The van der Waals surface area contributed by atoms with Gasteiger partial charge in [-0.1, -0.05) is 43.3 Å². The topological polar surface area (TPSA) is 46.3 Å². The average molecular weight is 344 g/mol. The minimum atomic E-state index is 0.117. The number of rotatable bonds is 2. The van der Waals surface area contributed by atoms with Gasteiger partial charge in [-0.05, 0) is 41.8 Å². The molecule has 0 aliphatic carbocycles. The van der Waals surface area contributed by atoms with Crippen LogP contribution in [-0.4, -0.2) is 10.9 Å². The molecule has 4 heteroatoms. The van der Waals surface area contributed by atoms with Crippen molar-refractivity contribution in [3.8, 4) is 11.5 Å². The van der Waals surface area contributed by atoms with Gasteiger partial charge in [0.2, 0.25) is 11.8 Å². The highest BCUT2D eigenvalue weighted by Crippen LogP contribution is 2.31. The van der Waals surface area contributed by atoms with Crippen molar-refractivity contribution in [2.45, 2.75) is 26.8 Å². The van der Waals surface area contributed by atoms with E-state index < -0.39 is 0 Å². The van der Waals surface area contributed by atoms with Crippen LogP contribution in [0.2, 0.25) is 0 Å². The van der Waals surface area contributed by atoms with Gasteiger partial charge >= 0.3 is 0 Å². The first-order chi connectivity index (χ1) is 12.7. The highest BCUT2D eigenvalue weighted by molar-refractivity contribution is 5.97. The molecule has 0 bridgehead atoms. The highest BCUT2D eigenvalue weighted by Gasteiger charge is 2.20. The van der Waals surface area contributed by atoms with Gasteiger partial charge in [-0.15, -0.1) is 0 Å². The van der Waals surface area contributed by atoms with Crippen molar-refractivity contribution in [3.05, 3.63) is 71.1 Å². The molecule has 1 aromatic heterocycles. The molecule has 0 unspecified atom stereocenters. The number of para-hydroxylation sites is 1. The highest BCUT2D eigenvalue weighted by atomic mass is 16.3. The molecule has 0 atom stereocenters. The minimum Gasteiger partial charge on any atom is -0.444 e. The van der Waals surface area contributed by atoms with E-state index in [9.17, 15) is 4.79 Å². The van der Waals surface area contributed by atoms with E-state index in [2.05, 4.69) is 29.3 Å². The number of oxazole rings is 1. The van der Waals surface area contributed by atoms with Crippen molar-refractivity contribution in [2.24, 2.45) is 0 Å². The third kappa shape index (κ3) is 2.94. The number of carbonyl (C=O) groups excluding carboxylic acids is 1. The van der Waals surface area contributed by atoms with E-state index in [-0.39, 0.29) is 5.91 Å². The molecular weight excluding hydrogens is 324 g/mol. The second-order valence-electron chi connectivity index (χ2n) is 6.43. The number of fused-ring (bicyclic) bond motifs is 2. The molecule has 2 aromatic carbocycles. The minimum absolute atomic E-state index is 0.117. The van der Waals surface area contributed by atoms with Gasteiger partial charge in [0.15, 0.2) is 0 Å². The predicted molar refractivity (Wildman–Crippen MR) is 104 cm³/mol. The van der Waals surface area contributed by atoms with Crippen LogP contribution in [0.4, 0.5) is 5.69 Å². The Labute approximate surface area is 152 Å². The summed E-state index contributed by atoms with van der Waals surface area (Å²) in [4.78, 5) is 18.8. The Morgan fingerprint density at radius 3 is 2.73 bits per heavy atom. The Morgan fingerprint density at radius 2 is 1.96 bits per heavy atom. The zero-order valence-corrected chi connectivity index (χ0v) is 14.9. The second-order valence-corrected chi connectivity index (χ2v) is 6.43. The summed E-state index contributed by atoms with van der Waals surface area (Å²) < 4.78 is 5.53. The van der Waals surface area contributed by atoms with Gasteiger partial charge in [-0.25, -0.2) is 4.98 Å². The van der Waals surface area contributed by atoms with Crippen LogP contribution in [0, 0.1) is 6.92 Å². The van der Waals surface area contributed by atoms with E-state index in [1.54, 1.807) is 6.26 Å². The number of hydrogen-bond acceptors (Lipinski definition) is 3. The van der Waals surface area contributed by atoms with E-state index in [4.69, 9.17) is 4.42 Å². The van der Waals surface area contributed by atoms with E-state index in [0.717, 1.165) is 33.6 Å². The predicted octanol–water partition coefficient (Wildman–Crippen LogP) is 5.08. The van der Waals surface area contributed by atoms with Gasteiger partial charge in [0.1, 0.15) is 6.26 Å².